The summed E-state index contributed by atoms with van der Waals surface area (Å²) in [5.74, 6) is 1.31. The number of rotatable bonds is 6. The summed E-state index contributed by atoms with van der Waals surface area (Å²) >= 11 is 11.0. The van der Waals surface area contributed by atoms with Crippen LogP contribution in [0, 0.1) is 5.92 Å². The smallest absolute Gasteiger partial charge is 0.272 e. The maximum atomic E-state index is 12.9. The summed E-state index contributed by atoms with van der Waals surface area (Å²) in [6, 6.07) is 7.93. The number of nitrogens with zero attached hydrogens (tertiary/aromatic N) is 2. The van der Waals surface area contributed by atoms with E-state index in [1.165, 1.54) is 27.0 Å². The third-order valence-electron chi connectivity index (χ3n) is 4.43. The fourth-order valence-corrected chi connectivity index (χ4v) is 5.94. The Morgan fingerprint density at radius 1 is 1.26 bits per heavy atom. The van der Waals surface area contributed by atoms with Crippen molar-refractivity contribution in [3.05, 3.63) is 56.0 Å². The van der Waals surface area contributed by atoms with Gasteiger partial charge in [0.1, 0.15) is 4.70 Å². The average molecular weight is 435 g/mol. The average Bonchev–Trinajstić information content (AvgIpc) is 3.25. The second kappa shape index (κ2) is 7.95. The largest absolute Gasteiger partial charge is 0.286 e. The van der Waals surface area contributed by atoms with Gasteiger partial charge >= 0.3 is 0 Å². The Bertz CT molecular complexity index is 1160. The molecule has 0 aliphatic heterocycles. The van der Waals surface area contributed by atoms with Crippen LogP contribution < -0.4 is 5.56 Å². The highest BCUT2D eigenvalue weighted by atomic mass is 35.5. The minimum atomic E-state index is 0.0800. The molecule has 4 aromatic rings. The van der Waals surface area contributed by atoms with Crippen LogP contribution >= 0.6 is 46.0 Å². The lowest BCUT2D eigenvalue weighted by molar-refractivity contribution is 0.481. The molecule has 0 fully saturated rings. The minimum Gasteiger partial charge on any atom is -0.286 e. The van der Waals surface area contributed by atoms with E-state index in [2.05, 4.69) is 25.3 Å². The molecule has 0 saturated heterocycles. The lowest BCUT2D eigenvalue weighted by Crippen LogP contribution is -2.23. The van der Waals surface area contributed by atoms with E-state index >= 15 is 0 Å². The Morgan fingerprint density at radius 3 is 2.93 bits per heavy atom. The summed E-state index contributed by atoms with van der Waals surface area (Å²) in [6.07, 6.45) is 0.961. The van der Waals surface area contributed by atoms with Crippen molar-refractivity contribution in [2.75, 3.05) is 0 Å². The molecule has 0 aliphatic carbocycles. The molecule has 0 aliphatic rings. The highest BCUT2D eigenvalue weighted by Crippen LogP contribution is 2.33. The zero-order valence-corrected chi connectivity index (χ0v) is 18.3. The molecular formula is C20H19ClN2OS3. The highest BCUT2D eigenvalue weighted by molar-refractivity contribution is 7.98. The van der Waals surface area contributed by atoms with Gasteiger partial charge in [0.2, 0.25) is 0 Å². The molecule has 0 atom stereocenters. The zero-order valence-electron chi connectivity index (χ0n) is 15.1. The minimum absolute atomic E-state index is 0.0800. The van der Waals surface area contributed by atoms with Crippen molar-refractivity contribution in [1.82, 2.24) is 9.55 Å². The van der Waals surface area contributed by atoms with Gasteiger partial charge in [-0.2, -0.15) is 0 Å². The van der Waals surface area contributed by atoms with Gasteiger partial charge in [0, 0.05) is 22.0 Å². The van der Waals surface area contributed by atoms with E-state index in [0.717, 1.165) is 32.6 Å². The van der Waals surface area contributed by atoms with Crippen molar-refractivity contribution in [2.24, 2.45) is 5.92 Å². The number of thiophene rings is 2. The quantitative estimate of drug-likeness (QED) is 0.251. The van der Waals surface area contributed by atoms with Crippen molar-refractivity contribution in [3.8, 4) is 0 Å². The summed E-state index contributed by atoms with van der Waals surface area (Å²) in [7, 11) is 0. The fraction of sp³-hybridized carbons (Fsp3) is 0.300. The van der Waals surface area contributed by atoms with Crippen molar-refractivity contribution in [2.45, 2.75) is 37.7 Å². The molecule has 0 N–H and O–H groups in total. The summed E-state index contributed by atoms with van der Waals surface area (Å²) in [5, 5.41) is 6.85. The number of aromatic nitrogens is 2. The zero-order chi connectivity index (χ0) is 19.0. The lowest BCUT2D eigenvalue weighted by Gasteiger charge is -2.13. The maximum absolute atomic E-state index is 12.9. The number of fused-ring (bicyclic) bond motifs is 2. The Balaban J connectivity index is 1.68. The standard InChI is InChI=1S/C20H19ClN2OS3/c1-12(2)5-7-23-19(24)18-16(6-8-25-18)22-20(23)27-11-13-10-26-17-4-3-14(21)9-15(13)17/h3-4,6,8-10,12H,5,7,11H2,1-2H3. The Hall–Kier alpha value is -1.34. The summed E-state index contributed by atoms with van der Waals surface area (Å²) in [6.45, 7) is 5.06. The van der Waals surface area contributed by atoms with Gasteiger partial charge in [0.25, 0.3) is 5.56 Å². The van der Waals surface area contributed by atoms with Crippen LogP contribution in [0.1, 0.15) is 25.8 Å². The SMILES string of the molecule is CC(C)CCn1c(SCc2csc3ccc(Cl)cc23)nc2ccsc2c1=O. The molecule has 4 rings (SSSR count). The normalized spacial score (nSPS) is 11.9. The lowest BCUT2D eigenvalue weighted by atomic mass is 10.1. The predicted molar refractivity (Wildman–Crippen MR) is 120 cm³/mol. The summed E-state index contributed by atoms with van der Waals surface area (Å²) in [5.41, 5.74) is 2.11. The van der Waals surface area contributed by atoms with E-state index in [9.17, 15) is 4.79 Å². The van der Waals surface area contributed by atoms with E-state index in [1.54, 1.807) is 23.1 Å². The van der Waals surface area contributed by atoms with E-state index in [-0.39, 0.29) is 5.56 Å². The number of thioether (sulfide) groups is 1. The van der Waals surface area contributed by atoms with Crippen LogP contribution in [0.25, 0.3) is 20.3 Å². The Morgan fingerprint density at radius 2 is 2.11 bits per heavy atom. The highest BCUT2D eigenvalue weighted by Gasteiger charge is 2.14. The van der Waals surface area contributed by atoms with Crippen LogP contribution in [0.15, 0.2) is 45.0 Å². The van der Waals surface area contributed by atoms with Gasteiger partial charge in [-0.15, -0.1) is 22.7 Å². The van der Waals surface area contributed by atoms with Crippen LogP contribution in [0.2, 0.25) is 5.02 Å². The second-order valence-corrected chi connectivity index (χ2v) is 10.1. The predicted octanol–water partition coefficient (Wildman–Crippen LogP) is 6.66. The topological polar surface area (TPSA) is 34.9 Å². The van der Waals surface area contributed by atoms with Gasteiger partial charge in [-0.05, 0) is 58.3 Å². The molecule has 0 unspecified atom stereocenters. The first-order valence-electron chi connectivity index (χ1n) is 8.79. The molecule has 0 spiro atoms. The van der Waals surface area contributed by atoms with Crippen LogP contribution in [-0.2, 0) is 12.3 Å². The molecule has 3 nitrogen and oxygen atoms in total. The molecule has 7 heteroatoms. The third-order valence-corrected chi connectivity index (χ3v) is 7.60. The molecule has 0 bridgehead atoms. The monoisotopic (exact) mass is 434 g/mol. The van der Waals surface area contributed by atoms with Crippen molar-refractivity contribution >= 4 is 66.3 Å². The van der Waals surface area contributed by atoms with E-state index in [0.29, 0.717) is 12.5 Å². The number of hydrogen-bond acceptors (Lipinski definition) is 5. The number of hydrogen-bond donors (Lipinski definition) is 0. The molecule has 1 aromatic carbocycles. The van der Waals surface area contributed by atoms with Gasteiger partial charge in [-0.1, -0.05) is 37.2 Å². The molecule has 3 aromatic heterocycles. The molecule has 3 heterocycles. The number of benzene rings is 1. The van der Waals surface area contributed by atoms with Crippen LogP contribution in [0.4, 0.5) is 0 Å². The number of halogens is 1. The molecular weight excluding hydrogens is 416 g/mol. The van der Waals surface area contributed by atoms with Crippen LogP contribution in [0.5, 0.6) is 0 Å². The summed E-state index contributed by atoms with van der Waals surface area (Å²) < 4.78 is 3.83. The van der Waals surface area contributed by atoms with E-state index in [1.807, 2.05) is 28.1 Å². The molecule has 0 saturated carbocycles. The first kappa shape index (κ1) is 19.0. The van der Waals surface area contributed by atoms with Gasteiger partial charge in [0.15, 0.2) is 5.16 Å². The van der Waals surface area contributed by atoms with Gasteiger partial charge in [-0.25, -0.2) is 4.98 Å². The maximum Gasteiger partial charge on any atom is 0.272 e. The molecule has 27 heavy (non-hydrogen) atoms. The van der Waals surface area contributed by atoms with E-state index in [4.69, 9.17) is 16.6 Å². The first-order chi connectivity index (χ1) is 13.0. The van der Waals surface area contributed by atoms with Crippen LogP contribution in [-0.4, -0.2) is 9.55 Å². The van der Waals surface area contributed by atoms with Gasteiger partial charge < -0.3 is 0 Å². The summed E-state index contributed by atoms with van der Waals surface area (Å²) in [4.78, 5) is 17.7. The third kappa shape index (κ3) is 3.94. The van der Waals surface area contributed by atoms with Crippen molar-refractivity contribution in [1.29, 1.82) is 0 Å². The molecule has 0 radical (unpaired) electrons. The van der Waals surface area contributed by atoms with Crippen molar-refractivity contribution < 1.29 is 0 Å². The molecule has 140 valence electrons. The van der Waals surface area contributed by atoms with Crippen LogP contribution in [0.3, 0.4) is 0 Å². The Labute approximate surface area is 175 Å². The van der Waals surface area contributed by atoms with Gasteiger partial charge in [0.05, 0.1) is 5.52 Å². The van der Waals surface area contributed by atoms with E-state index < -0.39 is 0 Å². The second-order valence-electron chi connectivity index (χ2n) is 6.86. The Kier molecular flexibility index (Phi) is 5.60. The van der Waals surface area contributed by atoms with Crippen molar-refractivity contribution in [3.63, 3.8) is 0 Å². The molecule has 0 amide bonds. The van der Waals surface area contributed by atoms with Gasteiger partial charge in [-0.3, -0.25) is 9.36 Å². The first-order valence-corrected chi connectivity index (χ1v) is 11.9. The fourth-order valence-electron chi connectivity index (χ4n) is 2.93.